The Kier molecular flexibility index (Phi) is 4.54. The molecule has 27 heavy (non-hydrogen) atoms. The number of quaternary nitrogens is 1. The fourth-order valence-electron chi connectivity index (χ4n) is 3.83. The lowest BCUT2D eigenvalue weighted by Gasteiger charge is -2.17. The van der Waals surface area contributed by atoms with Gasteiger partial charge in [0.2, 0.25) is 5.91 Å². The number of fused-ring (bicyclic) bond motifs is 1. The summed E-state index contributed by atoms with van der Waals surface area (Å²) in [6, 6.07) is 13.7. The van der Waals surface area contributed by atoms with Gasteiger partial charge in [-0.25, -0.2) is 4.90 Å². The fraction of sp³-hybridized carbons (Fsp3) is 0.273. The number of benzene rings is 2. The first-order valence-electron chi connectivity index (χ1n) is 9.37. The van der Waals surface area contributed by atoms with E-state index in [1.165, 1.54) is 15.8 Å². The van der Waals surface area contributed by atoms with Crippen LogP contribution in [-0.2, 0) is 16.0 Å². The highest BCUT2D eigenvalue weighted by molar-refractivity contribution is 6.22. The van der Waals surface area contributed by atoms with E-state index in [0.717, 1.165) is 35.3 Å². The Morgan fingerprint density at radius 3 is 2.81 bits per heavy atom. The molecule has 1 aliphatic rings. The van der Waals surface area contributed by atoms with Crippen LogP contribution in [0.2, 0.25) is 0 Å². The minimum atomic E-state index is -0.331. The molecule has 1 atom stereocenters. The number of carbonyl (C=O) groups is 2. The number of hydrogen-bond acceptors (Lipinski definition) is 2. The molecule has 4 rings (SSSR count). The van der Waals surface area contributed by atoms with Gasteiger partial charge in [-0.15, -0.1) is 0 Å². The predicted molar refractivity (Wildman–Crippen MR) is 106 cm³/mol. The zero-order valence-corrected chi connectivity index (χ0v) is 15.7. The Morgan fingerprint density at radius 1 is 1.15 bits per heavy atom. The highest BCUT2D eigenvalue weighted by Crippen LogP contribution is 2.26. The smallest absolute Gasteiger partial charge is 0.292 e. The van der Waals surface area contributed by atoms with Gasteiger partial charge < -0.3 is 10.3 Å². The third-order valence-corrected chi connectivity index (χ3v) is 5.33. The molecular weight excluding hydrogens is 338 g/mol. The van der Waals surface area contributed by atoms with Crippen LogP contribution >= 0.6 is 0 Å². The average molecular weight is 362 g/mol. The summed E-state index contributed by atoms with van der Waals surface area (Å²) in [5, 5.41) is 3.23. The number of nitrogens with zero attached hydrogens (tertiary/aromatic N) is 1. The second-order valence-electron chi connectivity index (χ2n) is 7.30. The third-order valence-electron chi connectivity index (χ3n) is 5.33. The van der Waals surface area contributed by atoms with E-state index < -0.39 is 0 Å². The maximum atomic E-state index is 12.9. The van der Waals surface area contributed by atoms with Crippen molar-refractivity contribution in [2.45, 2.75) is 32.7 Å². The summed E-state index contributed by atoms with van der Waals surface area (Å²) in [5.74, 6) is -0.213. The second kappa shape index (κ2) is 7.00. The first-order valence-corrected chi connectivity index (χ1v) is 9.37. The SMILES string of the molecule is Cc1ccc(C)c(N2C(=O)C[C@H]([NH2+]CCc3c[nH]c4ccccc34)C2=O)c1. The minimum Gasteiger partial charge on any atom is -0.361 e. The van der Waals surface area contributed by atoms with Crippen molar-refractivity contribution in [1.29, 1.82) is 0 Å². The summed E-state index contributed by atoms with van der Waals surface area (Å²) in [7, 11) is 0. The molecule has 5 nitrogen and oxygen atoms in total. The van der Waals surface area contributed by atoms with Crippen LogP contribution in [0.15, 0.2) is 48.7 Å². The van der Waals surface area contributed by atoms with Crippen molar-refractivity contribution in [1.82, 2.24) is 4.98 Å². The zero-order valence-electron chi connectivity index (χ0n) is 15.7. The molecule has 5 heteroatoms. The highest BCUT2D eigenvalue weighted by Gasteiger charge is 2.42. The summed E-state index contributed by atoms with van der Waals surface area (Å²) in [4.78, 5) is 30.0. The Bertz CT molecular complexity index is 1020. The normalized spacial score (nSPS) is 17.3. The highest BCUT2D eigenvalue weighted by atomic mass is 16.2. The largest absolute Gasteiger partial charge is 0.361 e. The van der Waals surface area contributed by atoms with Gasteiger partial charge in [0, 0.05) is 23.5 Å². The molecule has 1 aliphatic heterocycles. The standard InChI is InChI=1S/C22H23N3O2/c1-14-7-8-15(2)20(11-14)25-21(26)12-19(22(25)27)23-10-9-16-13-24-18-6-4-3-5-17(16)18/h3-8,11,13,19,23-24H,9-10,12H2,1-2H3/p+1/t19-/m0/s1. The van der Waals surface area contributed by atoms with Crippen molar-refractivity contribution in [3.8, 4) is 0 Å². The molecule has 0 unspecified atom stereocenters. The van der Waals surface area contributed by atoms with Crippen molar-refractivity contribution < 1.29 is 14.9 Å². The molecule has 0 saturated carbocycles. The molecule has 0 aliphatic carbocycles. The molecule has 2 amide bonds. The summed E-state index contributed by atoms with van der Waals surface area (Å²) in [6.07, 6.45) is 3.15. The van der Waals surface area contributed by atoms with E-state index in [1.807, 2.05) is 55.7 Å². The van der Waals surface area contributed by atoms with Crippen LogP contribution in [0.4, 0.5) is 5.69 Å². The molecule has 0 spiro atoms. The molecule has 0 radical (unpaired) electrons. The molecule has 3 N–H and O–H groups in total. The van der Waals surface area contributed by atoms with Gasteiger partial charge in [0.15, 0.2) is 6.04 Å². The number of nitrogens with one attached hydrogen (secondary N) is 1. The van der Waals surface area contributed by atoms with Crippen molar-refractivity contribution >= 4 is 28.4 Å². The van der Waals surface area contributed by atoms with Crippen molar-refractivity contribution in [2.24, 2.45) is 0 Å². The number of para-hydroxylation sites is 1. The van der Waals surface area contributed by atoms with E-state index >= 15 is 0 Å². The van der Waals surface area contributed by atoms with Gasteiger partial charge >= 0.3 is 0 Å². The predicted octanol–water partition coefficient (Wildman–Crippen LogP) is 2.22. The lowest BCUT2D eigenvalue weighted by Crippen LogP contribution is -2.92. The number of H-pyrrole nitrogens is 1. The number of anilines is 1. The van der Waals surface area contributed by atoms with Gasteiger partial charge in [0.25, 0.3) is 5.91 Å². The Morgan fingerprint density at radius 2 is 1.96 bits per heavy atom. The van der Waals surface area contributed by atoms with Crippen molar-refractivity contribution in [3.05, 3.63) is 65.4 Å². The number of aromatic amines is 1. The summed E-state index contributed by atoms with van der Waals surface area (Å²) >= 11 is 0. The van der Waals surface area contributed by atoms with Gasteiger partial charge in [-0.1, -0.05) is 30.3 Å². The van der Waals surface area contributed by atoms with E-state index in [9.17, 15) is 9.59 Å². The van der Waals surface area contributed by atoms with Crippen molar-refractivity contribution in [3.63, 3.8) is 0 Å². The number of hydrogen-bond donors (Lipinski definition) is 2. The number of aromatic nitrogens is 1. The van der Waals surface area contributed by atoms with Crippen LogP contribution in [0, 0.1) is 13.8 Å². The lowest BCUT2D eigenvalue weighted by molar-refractivity contribution is -0.674. The van der Waals surface area contributed by atoms with E-state index in [1.54, 1.807) is 0 Å². The molecule has 1 saturated heterocycles. The number of carbonyl (C=O) groups excluding carboxylic acids is 2. The van der Waals surface area contributed by atoms with Crippen LogP contribution in [0.5, 0.6) is 0 Å². The summed E-state index contributed by atoms with van der Waals surface area (Å²) in [6.45, 7) is 4.67. The molecular formula is C22H24N3O2+. The maximum Gasteiger partial charge on any atom is 0.292 e. The van der Waals surface area contributed by atoms with Crippen LogP contribution in [0.1, 0.15) is 23.1 Å². The van der Waals surface area contributed by atoms with Crippen LogP contribution in [-0.4, -0.2) is 29.4 Å². The van der Waals surface area contributed by atoms with Crippen molar-refractivity contribution in [2.75, 3.05) is 11.4 Å². The summed E-state index contributed by atoms with van der Waals surface area (Å²) < 4.78 is 0. The number of amides is 2. The maximum absolute atomic E-state index is 12.9. The van der Waals surface area contributed by atoms with Gasteiger partial charge in [-0.2, -0.15) is 0 Å². The van der Waals surface area contributed by atoms with Crippen LogP contribution in [0.3, 0.4) is 0 Å². The molecule has 3 aromatic rings. The first-order chi connectivity index (χ1) is 13.0. The minimum absolute atomic E-state index is 0.104. The Balaban J connectivity index is 1.44. The molecule has 2 heterocycles. The van der Waals surface area contributed by atoms with E-state index in [0.29, 0.717) is 0 Å². The monoisotopic (exact) mass is 362 g/mol. The number of aryl methyl sites for hydroxylation is 2. The van der Waals surface area contributed by atoms with E-state index in [4.69, 9.17) is 0 Å². The molecule has 1 aromatic heterocycles. The quantitative estimate of drug-likeness (QED) is 0.684. The van der Waals surface area contributed by atoms with Crippen LogP contribution < -0.4 is 10.2 Å². The molecule has 1 fully saturated rings. The van der Waals surface area contributed by atoms with Crippen LogP contribution in [0.25, 0.3) is 10.9 Å². The molecule has 2 aromatic carbocycles. The Labute approximate surface area is 158 Å². The topological polar surface area (TPSA) is 69.8 Å². The number of rotatable bonds is 5. The van der Waals surface area contributed by atoms with E-state index in [-0.39, 0.29) is 24.3 Å². The molecule has 138 valence electrons. The third kappa shape index (κ3) is 3.26. The van der Waals surface area contributed by atoms with Gasteiger partial charge in [0.1, 0.15) is 0 Å². The summed E-state index contributed by atoms with van der Waals surface area (Å²) in [5.41, 5.74) is 5.08. The van der Waals surface area contributed by atoms with E-state index in [2.05, 4.69) is 17.1 Å². The molecule has 0 bridgehead atoms. The Hall–Kier alpha value is -2.92. The van der Waals surface area contributed by atoms with Gasteiger partial charge in [-0.3, -0.25) is 9.59 Å². The number of nitrogens with two attached hydrogens (primary N) is 1. The zero-order chi connectivity index (χ0) is 19.0. The average Bonchev–Trinajstić information content (AvgIpc) is 3.19. The van der Waals surface area contributed by atoms with Gasteiger partial charge in [-0.05, 0) is 42.7 Å². The number of imide groups is 1. The first kappa shape index (κ1) is 17.5. The van der Waals surface area contributed by atoms with Gasteiger partial charge in [0.05, 0.1) is 18.7 Å². The lowest BCUT2D eigenvalue weighted by atomic mass is 10.1. The fourth-order valence-corrected chi connectivity index (χ4v) is 3.83. The second-order valence-corrected chi connectivity index (χ2v) is 7.30.